The number of rotatable bonds is 1. The number of hydrogen-bond donors (Lipinski definition) is 2. The van der Waals surface area contributed by atoms with Gasteiger partial charge in [-0.2, -0.15) is 5.26 Å². The second-order valence-electron chi connectivity index (χ2n) is 4.16. The highest BCUT2D eigenvalue weighted by atomic mass is 16.5. The monoisotopic (exact) mass is 267 g/mol. The van der Waals surface area contributed by atoms with Crippen molar-refractivity contribution in [1.29, 1.82) is 5.26 Å². The van der Waals surface area contributed by atoms with Gasteiger partial charge in [-0.1, -0.05) is 0 Å². The molecule has 0 bridgehead atoms. The predicted molar refractivity (Wildman–Crippen MR) is 70.7 cm³/mol. The summed E-state index contributed by atoms with van der Waals surface area (Å²) in [7, 11) is 0. The summed E-state index contributed by atoms with van der Waals surface area (Å²) < 4.78 is 5.27. The van der Waals surface area contributed by atoms with E-state index in [0.717, 1.165) is 0 Å². The lowest BCUT2D eigenvalue weighted by Crippen LogP contribution is -2.25. The van der Waals surface area contributed by atoms with E-state index in [0.29, 0.717) is 22.8 Å². The number of hydrogen-bond acceptors (Lipinski definition) is 6. The van der Waals surface area contributed by atoms with Crippen LogP contribution in [0.1, 0.15) is 5.69 Å². The fourth-order valence-corrected chi connectivity index (χ4v) is 1.87. The van der Waals surface area contributed by atoms with Gasteiger partial charge in [-0.05, 0) is 18.2 Å². The van der Waals surface area contributed by atoms with E-state index in [2.05, 4.69) is 15.3 Å². The van der Waals surface area contributed by atoms with E-state index in [1.54, 1.807) is 18.2 Å². The molecule has 7 nitrogen and oxygen atoms in total. The van der Waals surface area contributed by atoms with Crippen LogP contribution >= 0.6 is 0 Å². The normalized spacial score (nSPS) is 12.8. The Morgan fingerprint density at radius 1 is 1.35 bits per heavy atom. The zero-order valence-electron chi connectivity index (χ0n) is 10.3. The SMILES string of the molecule is N#Cc1cc(N)nc(-c2ccc3c(c2)NC(=O)CO3)n1. The van der Waals surface area contributed by atoms with Crippen LogP contribution in [0.25, 0.3) is 11.4 Å². The Morgan fingerprint density at radius 3 is 3.00 bits per heavy atom. The fraction of sp³-hybridized carbons (Fsp3) is 0.0769. The summed E-state index contributed by atoms with van der Waals surface area (Å²) >= 11 is 0. The van der Waals surface area contributed by atoms with Crippen LogP contribution in [0.2, 0.25) is 0 Å². The van der Waals surface area contributed by atoms with Crippen LogP contribution in [0.5, 0.6) is 5.75 Å². The first-order chi connectivity index (χ1) is 9.65. The minimum Gasteiger partial charge on any atom is -0.482 e. The molecular formula is C13H9N5O2. The molecule has 1 aromatic carbocycles. The smallest absolute Gasteiger partial charge is 0.262 e. The first-order valence-electron chi connectivity index (χ1n) is 5.77. The maximum atomic E-state index is 11.3. The maximum Gasteiger partial charge on any atom is 0.262 e. The molecule has 98 valence electrons. The van der Waals surface area contributed by atoms with E-state index in [-0.39, 0.29) is 24.0 Å². The summed E-state index contributed by atoms with van der Waals surface area (Å²) in [5, 5.41) is 11.6. The number of fused-ring (bicyclic) bond motifs is 1. The molecule has 3 N–H and O–H groups in total. The number of nitrogens with one attached hydrogen (secondary N) is 1. The van der Waals surface area contributed by atoms with Crippen molar-refractivity contribution in [3.8, 4) is 23.2 Å². The van der Waals surface area contributed by atoms with Crippen molar-refractivity contribution in [2.45, 2.75) is 0 Å². The van der Waals surface area contributed by atoms with Crippen molar-refractivity contribution < 1.29 is 9.53 Å². The van der Waals surface area contributed by atoms with E-state index in [4.69, 9.17) is 15.7 Å². The van der Waals surface area contributed by atoms with Crippen molar-refractivity contribution in [2.24, 2.45) is 0 Å². The van der Waals surface area contributed by atoms with Crippen LogP contribution in [-0.4, -0.2) is 22.5 Å². The molecule has 2 aromatic rings. The number of ether oxygens (including phenoxy) is 1. The van der Waals surface area contributed by atoms with E-state index in [9.17, 15) is 4.79 Å². The third-order valence-corrected chi connectivity index (χ3v) is 2.73. The fourth-order valence-electron chi connectivity index (χ4n) is 1.87. The quantitative estimate of drug-likeness (QED) is 0.794. The van der Waals surface area contributed by atoms with Crippen LogP contribution in [0, 0.1) is 11.3 Å². The molecular weight excluding hydrogens is 258 g/mol. The van der Waals surface area contributed by atoms with Gasteiger partial charge in [-0.25, -0.2) is 9.97 Å². The van der Waals surface area contributed by atoms with Crippen molar-refractivity contribution >= 4 is 17.4 Å². The summed E-state index contributed by atoms with van der Waals surface area (Å²) in [5.41, 5.74) is 7.00. The summed E-state index contributed by atoms with van der Waals surface area (Å²) in [6.07, 6.45) is 0. The lowest BCUT2D eigenvalue weighted by molar-refractivity contribution is -0.118. The van der Waals surface area contributed by atoms with Crippen molar-refractivity contribution in [1.82, 2.24) is 9.97 Å². The Morgan fingerprint density at radius 2 is 2.20 bits per heavy atom. The van der Waals surface area contributed by atoms with Crippen LogP contribution in [0.3, 0.4) is 0 Å². The summed E-state index contributed by atoms with van der Waals surface area (Å²) in [4.78, 5) is 19.5. The zero-order chi connectivity index (χ0) is 14.1. The molecule has 3 rings (SSSR count). The third-order valence-electron chi connectivity index (χ3n) is 2.73. The largest absolute Gasteiger partial charge is 0.482 e. The van der Waals surface area contributed by atoms with Gasteiger partial charge in [-0.15, -0.1) is 0 Å². The number of carbonyl (C=O) groups is 1. The molecule has 0 unspecified atom stereocenters. The van der Waals surface area contributed by atoms with Gasteiger partial charge in [0.1, 0.15) is 23.3 Å². The number of nitrogens with two attached hydrogens (primary N) is 1. The van der Waals surface area contributed by atoms with Crippen LogP contribution in [0.15, 0.2) is 24.3 Å². The van der Waals surface area contributed by atoms with E-state index < -0.39 is 0 Å². The van der Waals surface area contributed by atoms with Crippen molar-refractivity contribution in [3.63, 3.8) is 0 Å². The molecule has 0 spiro atoms. The van der Waals surface area contributed by atoms with Gasteiger partial charge < -0.3 is 15.8 Å². The van der Waals surface area contributed by atoms with E-state index in [1.165, 1.54) is 6.07 Å². The van der Waals surface area contributed by atoms with E-state index >= 15 is 0 Å². The molecule has 1 aliphatic rings. The minimum absolute atomic E-state index is 0.000285. The average molecular weight is 267 g/mol. The molecule has 20 heavy (non-hydrogen) atoms. The van der Waals surface area contributed by atoms with Gasteiger partial charge in [0.05, 0.1) is 5.69 Å². The molecule has 0 radical (unpaired) electrons. The topological polar surface area (TPSA) is 114 Å². The Hall–Kier alpha value is -3.14. The summed E-state index contributed by atoms with van der Waals surface area (Å²) in [5.74, 6) is 0.896. The summed E-state index contributed by atoms with van der Waals surface area (Å²) in [6, 6.07) is 8.45. The molecule has 7 heteroatoms. The average Bonchev–Trinajstić information content (AvgIpc) is 2.45. The van der Waals surface area contributed by atoms with Crippen LogP contribution in [-0.2, 0) is 4.79 Å². The molecule has 0 saturated heterocycles. The number of carbonyl (C=O) groups excluding carboxylic acids is 1. The predicted octanol–water partition coefficient (Wildman–Crippen LogP) is 0.928. The van der Waals surface area contributed by atoms with Gasteiger partial charge in [-0.3, -0.25) is 4.79 Å². The van der Waals surface area contributed by atoms with Gasteiger partial charge in [0.25, 0.3) is 5.91 Å². The second-order valence-corrected chi connectivity index (χ2v) is 4.16. The highest BCUT2D eigenvalue weighted by Gasteiger charge is 2.17. The Balaban J connectivity index is 2.07. The lowest BCUT2D eigenvalue weighted by Gasteiger charge is -2.18. The zero-order valence-corrected chi connectivity index (χ0v) is 10.3. The first kappa shape index (κ1) is 11.9. The van der Waals surface area contributed by atoms with Crippen molar-refractivity contribution in [2.75, 3.05) is 17.7 Å². The lowest BCUT2D eigenvalue weighted by atomic mass is 10.1. The molecule has 0 aliphatic carbocycles. The summed E-state index contributed by atoms with van der Waals surface area (Å²) in [6.45, 7) is -0.000285. The number of benzene rings is 1. The Bertz CT molecular complexity index is 751. The molecule has 1 amide bonds. The van der Waals surface area contributed by atoms with Gasteiger partial charge in [0.15, 0.2) is 12.4 Å². The highest BCUT2D eigenvalue weighted by molar-refractivity contribution is 5.96. The second kappa shape index (κ2) is 4.51. The Labute approximate surface area is 114 Å². The number of amides is 1. The number of anilines is 2. The minimum atomic E-state index is -0.221. The van der Waals surface area contributed by atoms with Crippen LogP contribution in [0.4, 0.5) is 11.5 Å². The van der Waals surface area contributed by atoms with Gasteiger partial charge in [0, 0.05) is 11.6 Å². The number of aromatic nitrogens is 2. The van der Waals surface area contributed by atoms with Gasteiger partial charge in [0.2, 0.25) is 0 Å². The molecule has 2 heterocycles. The van der Waals surface area contributed by atoms with Gasteiger partial charge >= 0.3 is 0 Å². The number of nitrogens with zero attached hydrogens (tertiary/aromatic N) is 3. The molecule has 0 saturated carbocycles. The molecule has 0 atom stereocenters. The van der Waals surface area contributed by atoms with E-state index in [1.807, 2.05) is 6.07 Å². The third kappa shape index (κ3) is 2.10. The highest BCUT2D eigenvalue weighted by Crippen LogP contribution is 2.31. The maximum absolute atomic E-state index is 11.3. The Kier molecular flexibility index (Phi) is 2.69. The van der Waals surface area contributed by atoms with Crippen LogP contribution < -0.4 is 15.8 Å². The first-order valence-corrected chi connectivity index (χ1v) is 5.77. The standard InChI is InChI=1S/C13H9N5O2/c14-5-8-4-11(15)18-13(16-8)7-1-2-10-9(3-7)17-12(19)6-20-10/h1-4H,6H2,(H,17,19)(H2,15,16,18). The molecule has 0 fully saturated rings. The molecule has 1 aromatic heterocycles. The number of nitrogen functional groups attached to an aromatic ring is 1. The molecule has 1 aliphatic heterocycles. The van der Waals surface area contributed by atoms with Crippen molar-refractivity contribution in [3.05, 3.63) is 30.0 Å². The number of nitriles is 1.